The first-order chi connectivity index (χ1) is 3.22. The summed E-state index contributed by atoms with van der Waals surface area (Å²) in [6.45, 7) is 0. The second kappa shape index (κ2) is 1.10. The molecule has 0 spiro atoms. The molecule has 1 aliphatic rings. The molecule has 40 valence electrons. The first-order valence-electron chi connectivity index (χ1n) is 1.91. The fourth-order valence-electron chi connectivity index (χ4n) is 0.320. The van der Waals surface area contributed by atoms with Gasteiger partial charge in [-0.25, -0.2) is 4.79 Å². The van der Waals surface area contributed by atoms with Gasteiger partial charge in [-0.05, 0) is 0 Å². The number of ether oxygens (including phenoxy) is 1. The summed E-state index contributed by atoms with van der Waals surface area (Å²) in [5, 5.41) is 0. The Balaban J connectivity index is 2.43. The van der Waals surface area contributed by atoms with E-state index in [4.69, 9.17) is 5.73 Å². The van der Waals surface area contributed by atoms with Gasteiger partial charge in [0.25, 0.3) is 0 Å². The molecule has 1 unspecified atom stereocenters. The van der Waals surface area contributed by atoms with Gasteiger partial charge in [-0.3, -0.25) is 10.6 Å². The van der Waals surface area contributed by atoms with Gasteiger partial charge >= 0.3 is 6.09 Å². The van der Waals surface area contributed by atoms with Crippen molar-refractivity contribution in [3.05, 3.63) is 0 Å². The zero-order chi connectivity index (χ0) is 5.44. The van der Waals surface area contributed by atoms with Crippen molar-refractivity contribution in [2.75, 3.05) is 7.05 Å². The van der Waals surface area contributed by atoms with Crippen LogP contribution in [0, 0.1) is 0 Å². The predicted molar refractivity (Wildman–Crippen MR) is 22.2 cm³/mol. The molecule has 0 aromatic heterocycles. The van der Waals surface area contributed by atoms with Crippen molar-refractivity contribution in [2.24, 2.45) is 5.73 Å². The molecule has 0 aliphatic carbocycles. The van der Waals surface area contributed by atoms with Crippen LogP contribution in [0.1, 0.15) is 0 Å². The lowest BCUT2D eigenvalue weighted by Crippen LogP contribution is -2.56. The third kappa shape index (κ3) is 0.433. The molecule has 0 aromatic carbocycles. The Morgan fingerprint density at radius 2 is 2.57 bits per heavy atom. The molecule has 1 saturated heterocycles. The topological polar surface area (TPSA) is 55.6 Å². The van der Waals surface area contributed by atoms with E-state index in [9.17, 15) is 4.79 Å². The Morgan fingerprint density at radius 3 is 2.57 bits per heavy atom. The average Bonchev–Trinajstić information content (AvgIpc) is 1.68. The summed E-state index contributed by atoms with van der Waals surface area (Å²) in [4.78, 5) is 11.4. The first-order valence-corrected chi connectivity index (χ1v) is 1.91. The molecule has 1 atom stereocenters. The largest absolute Gasteiger partial charge is 0.416 e. The van der Waals surface area contributed by atoms with Gasteiger partial charge in [-0.15, -0.1) is 0 Å². The van der Waals surface area contributed by atoms with Gasteiger partial charge in [0.05, 0.1) is 0 Å². The van der Waals surface area contributed by atoms with Gasteiger partial charge in [0.1, 0.15) is 0 Å². The van der Waals surface area contributed by atoms with E-state index < -0.39 is 6.35 Å². The average molecular weight is 102 g/mol. The lowest BCUT2D eigenvalue weighted by molar-refractivity contribution is -0.0787. The number of nitrogens with zero attached hydrogens (tertiary/aromatic N) is 1. The molecular weight excluding hydrogens is 96.0 g/mol. The van der Waals surface area contributed by atoms with Crippen LogP contribution in [-0.4, -0.2) is 24.4 Å². The van der Waals surface area contributed by atoms with E-state index in [0.717, 1.165) is 0 Å². The zero-order valence-electron chi connectivity index (χ0n) is 3.92. The Bertz CT molecular complexity index is 103. The Morgan fingerprint density at radius 1 is 2.00 bits per heavy atom. The number of carbonyl (C=O) groups is 1. The maximum atomic E-state index is 10.1. The number of cyclic esters (lactones) is 1. The van der Waals surface area contributed by atoms with E-state index in [1.807, 2.05) is 0 Å². The lowest BCUT2D eigenvalue weighted by Gasteiger charge is -2.32. The summed E-state index contributed by atoms with van der Waals surface area (Å²) >= 11 is 0. The van der Waals surface area contributed by atoms with Crippen molar-refractivity contribution in [3.63, 3.8) is 0 Å². The van der Waals surface area contributed by atoms with Crippen LogP contribution >= 0.6 is 0 Å². The van der Waals surface area contributed by atoms with E-state index in [-0.39, 0.29) is 6.09 Å². The van der Waals surface area contributed by atoms with Gasteiger partial charge < -0.3 is 4.74 Å². The molecule has 0 aromatic rings. The van der Waals surface area contributed by atoms with Crippen LogP contribution in [0.2, 0.25) is 0 Å². The standard InChI is InChI=1S/C3H6N2O2/c1-5-2(4)7-3(5)6/h2H,4H2,1H3. The highest BCUT2D eigenvalue weighted by atomic mass is 16.6. The predicted octanol–water partition coefficient (Wildman–Crippen LogP) is -0.689. The summed E-state index contributed by atoms with van der Waals surface area (Å²) in [6.07, 6.45) is -0.861. The summed E-state index contributed by atoms with van der Waals surface area (Å²) in [5.74, 6) is 0. The molecule has 7 heavy (non-hydrogen) atoms. The van der Waals surface area contributed by atoms with E-state index in [0.29, 0.717) is 0 Å². The van der Waals surface area contributed by atoms with Gasteiger partial charge in [0, 0.05) is 7.05 Å². The highest BCUT2D eigenvalue weighted by molar-refractivity contribution is 5.71. The summed E-state index contributed by atoms with van der Waals surface area (Å²) < 4.78 is 4.32. The van der Waals surface area contributed by atoms with E-state index >= 15 is 0 Å². The molecule has 1 rings (SSSR count). The molecule has 0 bridgehead atoms. The molecule has 1 aliphatic heterocycles. The Labute approximate surface area is 40.8 Å². The van der Waals surface area contributed by atoms with Gasteiger partial charge in [0.15, 0.2) is 0 Å². The smallest absolute Gasteiger partial charge is 0.411 e. The van der Waals surface area contributed by atoms with Crippen molar-refractivity contribution >= 4 is 6.09 Å². The molecule has 1 heterocycles. The fraction of sp³-hybridized carbons (Fsp3) is 0.667. The van der Waals surface area contributed by atoms with Gasteiger partial charge in [0.2, 0.25) is 6.35 Å². The molecule has 1 amide bonds. The maximum Gasteiger partial charge on any atom is 0.416 e. The third-order valence-electron chi connectivity index (χ3n) is 0.891. The number of hydrogen-bond acceptors (Lipinski definition) is 3. The molecule has 0 saturated carbocycles. The zero-order valence-corrected chi connectivity index (χ0v) is 3.92. The van der Waals surface area contributed by atoms with Crippen molar-refractivity contribution in [3.8, 4) is 0 Å². The fourth-order valence-corrected chi connectivity index (χ4v) is 0.320. The third-order valence-corrected chi connectivity index (χ3v) is 0.891. The van der Waals surface area contributed by atoms with Crippen molar-refractivity contribution in [2.45, 2.75) is 6.35 Å². The molecule has 0 radical (unpaired) electrons. The molecule has 4 nitrogen and oxygen atoms in total. The van der Waals surface area contributed by atoms with Crippen molar-refractivity contribution < 1.29 is 9.53 Å². The highest BCUT2D eigenvalue weighted by Crippen LogP contribution is 2.06. The van der Waals surface area contributed by atoms with E-state index in [2.05, 4.69) is 4.74 Å². The number of hydrogen-bond donors (Lipinski definition) is 1. The normalized spacial score (nSPS) is 29.1. The lowest BCUT2D eigenvalue weighted by atomic mass is 10.7. The van der Waals surface area contributed by atoms with E-state index in [1.54, 1.807) is 7.05 Å². The quantitative estimate of drug-likeness (QED) is 0.440. The van der Waals surface area contributed by atoms with Crippen LogP contribution in [0.25, 0.3) is 0 Å². The molecule has 1 fully saturated rings. The Hall–Kier alpha value is -0.770. The van der Waals surface area contributed by atoms with Gasteiger partial charge in [-0.2, -0.15) is 0 Å². The van der Waals surface area contributed by atoms with Crippen LogP contribution in [-0.2, 0) is 4.74 Å². The minimum atomic E-state index is -0.507. The SMILES string of the molecule is CN1C(=O)OC1N. The summed E-state index contributed by atoms with van der Waals surface area (Å²) in [7, 11) is 1.58. The maximum absolute atomic E-state index is 10.1. The van der Waals surface area contributed by atoms with E-state index in [1.165, 1.54) is 4.90 Å². The second-order valence-corrected chi connectivity index (χ2v) is 1.39. The molecule has 2 N–H and O–H groups in total. The minimum Gasteiger partial charge on any atom is -0.411 e. The second-order valence-electron chi connectivity index (χ2n) is 1.39. The van der Waals surface area contributed by atoms with Crippen molar-refractivity contribution in [1.82, 2.24) is 4.90 Å². The monoisotopic (exact) mass is 102 g/mol. The Kier molecular flexibility index (Phi) is 0.689. The number of nitrogens with two attached hydrogens (primary N) is 1. The summed E-state index contributed by atoms with van der Waals surface area (Å²) in [6, 6.07) is 0. The summed E-state index contributed by atoms with van der Waals surface area (Å²) in [5.41, 5.74) is 5.10. The molecular formula is C3H6N2O2. The van der Waals surface area contributed by atoms with Crippen LogP contribution in [0.4, 0.5) is 4.79 Å². The number of rotatable bonds is 0. The van der Waals surface area contributed by atoms with Crippen LogP contribution < -0.4 is 5.73 Å². The highest BCUT2D eigenvalue weighted by Gasteiger charge is 2.30. The van der Waals surface area contributed by atoms with Crippen LogP contribution in [0.3, 0.4) is 0 Å². The van der Waals surface area contributed by atoms with Crippen molar-refractivity contribution in [1.29, 1.82) is 0 Å². The number of carbonyl (C=O) groups excluding carboxylic acids is 1. The van der Waals surface area contributed by atoms with Crippen LogP contribution in [0.5, 0.6) is 0 Å². The number of amides is 1. The first kappa shape index (κ1) is 4.39. The molecule has 4 heteroatoms. The van der Waals surface area contributed by atoms with Crippen LogP contribution in [0.15, 0.2) is 0 Å². The minimum absolute atomic E-state index is 0.354. The van der Waals surface area contributed by atoms with Gasteiger partial charge in [-0.1, -0.05) is 0 Å².